The minimum Gasteiger partial charge on any atom is -0.489 e. The lowest BCUT2D eigenvalue weighted by Gasteiger charge is -2.30. The molecule has 1 N–H and O–H groups in total. The van der Waals surface area contributed by atoms with Gasteiger partial charge in [-0.1, -0.05) is 20.3 Å². The minimum absolute atomic E-state index is 0.0143. The fourth-order valence-corrected chi connectivity index (χ4v) is 3.47. The summed E-state index contributed by atoms with van der Waals surface area (Å²) < 4.78 is 10.9. The highest BCUT2D eigenvalue weighted by Gasteiger charge is 2.23. The van der Waals surface area contributed by atoms with Gasteiger partial charge in [0.25, 0.3) is 16.6 Å². The molecule has 0 saturated carbocycles. The molecule has 0 bridgehead atoms. The number of unbranched alkanes of at least 4 members (excludes halogenated alkanes) is 1. The first-order valence-corrected chi connectivity index (χ1v) is 13.9. The Kier molecular flexibility index (Phi) is 19.8. The van der Waals surface area contributed by atoms with Gasteiger partial charge >= 0.3 is 0 Å². The zero-order valence-electron chi connectivity index (χ0n) is 25.3. The smallest absolute Gasteiger partial charge is 0.294 e. The highest BCUT2D eigenvalue weighted by Crippen LogP contribution is 2.24. The molecule has 16 nitrogen and oxygen atoms in total. The van der Waals surface area contributed by atoms with E-state index in [4.69, 9.17) is 9.47 Å². The van der Waals surface area contributed by atoms with Gasteiger partial charge in [-0.05, 0) is 58.2 Å². The van der Waals surface area contributed by atoms with Gasteiger partial charge in [-0.3, -0.25) is 19.2 Å². The lowest BCUT2D eigenvalue weighted by molar-refractivity contribution is -0.757. The number of amides is 2. The maximum absolute atomic E-state index is 12.6. The van der Waals surface area contributed by atoms with Crippen molar-refractivity contribution < 1.29 is 48.5 Å². The Morgan fingerprint density at radius 2 is 1.63 bits per heavy atom. The average molecular weight is 615 g/mol. The summed E-state index contributed by atoms with van der Waals surface area (Å²) in [6.45, 7) is 8.91. The van der Waals surface area contributed by atoms with E-state index in [9.17, 15) is 39.4 Å². The molecule has 2 amide bonds. The van der Waals surface area contributed by atoms with Crippen molar-refractivity contribution in [3.05, 3.63) is 44.0 Å². The van der Waals surface area contributed by atoms with Gasteiger partial charge in [0.15, 0.2) is 11.9 Å². The van der Waals surface area contributed by atoms with E-state index in [0.717, 1.165) is 12.8 Å². The number of hydrogen-bond donors (Lipinski definition) is 1. The van der Waals surface area contributed by atoms with Crippen LogP contribution in [0.5, 0.6) is 5.75 Å². The second-order valence-corrected chi connectivity index (χ2v) is 9.44. The predicted molar refractivity (Wildman–Crippen MR) is 153 cm³/mol. The number of hydrogen-bond acceptors (Lipinski definition) is 12. The Hall–Kier alpha value is -4.50. The Balaban J connectivity index is 0.00000192. The number of anilines is 1. The Labute approximate surface area is 250 Å². The van der Waals surface area contributed by atoms with Crippen molar-refractivity contribution in [2.75, 3.05) is 31.7 Å². The highest BCUT2D eigenvalue weighted by atomic mass is 17.0. The van der Waals surface area contributed by atoms with E-state index in [-0.39, 0.29) is 80.6 Å². The molecule has 1 rings (SSSR count). The molecule has 1 aromatic rings. The molecule has 16 heteroatoms. The van der Waals surface area contributed by atoms with Crippen molar-refractivity contribution >= 4 is 29.8 Å². The Bertz CT molecular complexity index is 1050. The maximum Gasteiger partial charge on any atom is 0.294 e. The number of Topliss-reactive ketones (excluding diaryl/α,β-unsaturated/α-hetero) is 1. The molecule has 0 aliphatic heterocycles. The number of benzene rings is 1. The van der Waals surface area contributed by atoms with Crippen molar-refractivity contribution in [2.45, 2.75) is 85.3 Å². The number of rotatable bonds is 21. The molecule has 43 heavy (non-hydrogen) atoms. The number of ether oxygens (including phenoxy) is 2. The first-order valence-electron chi connectivity index (χ1n) is 13.9. The molecule has 1 aromatic carbocycles. The number of carbonyl (C=O) groups is 4. The molecule has 0 spiro atoms. The van der Waals surface area contributed by atoms with Crippen LogP contribution in [0, 0.1) is 20.2 Å². The van der Waals surface area contributed by atoms with E-state index in [1.54, 1.807) is 19.9 Å². The summed E-state index contributed by atoms with van der Waals surface area (Å²) >= 11 is 0. The fourth-order valence-electron chi connectivity index (χ4n) is 3.47. The molecule has 0 aromatic heterocycles. The minimum atomic E-state index is -0.920. The highest BCUT2D eigenvalue weighted by molar-refractivity contribution is 5.99. The van der Waals surface area contributed by atoms with Crippen molar-refractivity contribution in [3.8, 4) is 5.75 Å². The molecule has 242 valence electrons. The van der Waals surface area contributed by atoms with Gasteiger partial charge < -0.3 is 29.4 Å². The summed E-state index contributed by atoms with van der Waals surface area (Å²) in [5, 5.41) is 20.7. The SMILES string of the molecule is CCCC(=O)Nc1ccc(OCC(CN(C(=O)CCCO[N+](=O)[O-])C(C)C)OC=O)c(C(C)=O)c1.CCCCO[N+](=O)[O-]. The van der Waals surface area contributed by atoms with E-state index in [1.165, 1.54) is 24.0 Å². The summed E-state index contributed by atoms with van der Waals surface area (Å²) in [5.74, 6) is -0.498. The molecule has 0 heterocycles. The molecule has 0 saturated heterocycles. The topological polar surface area (TPSA) is 207 Å². The monoisotopic (exact) mass is 614 g/mol. The normalized spacial score (nSPS) is 10.8. The molecule has 0 aliphatic rings. The molecule has 0 radical (unpaired) electrons. The van der Waals surface area contributed by atoms with Gasteiger partial charge in [-0.25, -0.2) is 0 Å². The van der Waals surface area contributed by atoms with Gasteiger partial charge in [-0.2, -0.15) is 0 Å². The van der Waals surface area contributed by atoms with Crippen LogP contribution in [0.3, 0.4) is 0 Å². The van der Waals surface area contributed by atoms with E-state index >= 15 is 0 Å². The first-order chi connectivity index (χ1) is 20.4. The van der Waals surface area contributed by atoms with E-state index < -0.39 is 16.3 Å². The second-order valence-electron chi connectivity index (χ2n) is 9.44. The van der Waals surface area contributed by atoms with Crippen LogP contribution in [0.1, 0.15) is 83.5 Å². The zero-order chi connectivity index (χ0) is 32.8. The number of nitrogens with one attached hydrogen (secondary N) is 1. The van der Waals surface area contributed by atoms with Gasteiger partial charge in [-0.15, -0.1) is 20.2 Å². The molecule has 0 aliphatic carbocycles. The van der Waals surface area contributed by atoms with E-state index in [0.29, 0.717) is 18.5 Å². The van der Waals surface area contributed by atoms with Crippen molar-refractivity contribution in [2.24, 2.45) is 0 Å². The molecule has 1 atom stereocenters. The third kappa shape index (κ3) is 17.8. The van der Waals surface area contributed by atoms with Crippen LogP contribution in [-0.2, 0) is 28.8 Å². The summed E-state index contributed by atoms with van der Waals surface area (Å²) in [6.07, 6.45) is 2.05. The van der Waals surface area contributed by atoms with Crippen LogP contribution >= 0.6 is 0 Å². The van der Waals surface area contributed by atoms with Crippen LogP contribution < -0.4 is 10.1 Å². The van der Waals surface area contributed by atoms with Gasteiger partial charge in [0.2, 0.25) is 11.8 Å². The standard InChI is InChI=1S/C23H33N3O9.C4H9NO3/c1-5-7-22(29)24-18-9-10-21(20(12-18)17(4)28)33-14-19(34-15-27)13-25(16(2)3)23(30)8-6-11-35-26(31)32;1-2-3-4-8-5(6)7/h9-10,12,15-16,19H,5-8,11,13-14H2,1-4H3,(H,24,29);2-4H2,1H3. The third-order valence-electron chi connectivity index (χ3n) is 5.56. The maximum atomic E-state index is 12.6. The predicted octanol–water partition coefficient (Wildman–Crippen LogP) is 3.77. The average Bonchev–Trinajstić information content (AvgIpc) is 2.93. The summed E-state index contributed by atoms with van der Waals surface area (Å²) in [5.41, 5.74) is 0.700. The van der Waals surface area contributed by atoms with E-state index in [2.05, 4.69) is 15.0 Å². The number of carbonyl (C=O) groups excluding carboxylic acids is 4. The van der Waals surface area contributed by atoms with Crippen LogP contribution in [-0.4, -0.2) is 77.7 Å². The fraction of sp³-hybridized carbons (Fsp3) is 0.630. The number of nitrogens with zero attached hydrogens (tertiary/aromatic N) is 3. The van der Waals surface area contributed by atoms with Crippen LogP contribution in [0.4, 0.5) is 5.69 Å². The molecule has 1 unspecified atom stereocenters. The van der Waals surface area contributed by atoms with Gasteiger partial charge in [0.05, 0.1) is 25.3 Å². The number of ketones is 1. The summed E-state index contributed by atoms with van der Waals surface area (Å²) in [7, 11) is 0. The third-order valence-corrected chi connectivity index (χ3v) is 5.56. The van der Waals surface area contributed by atoms with E-state index in [1.807, 2.05) is 13.8 Å². The Morgan fingerprint density at radius 1 is 1.00 bits per heavy atom. The molecular weight excluding hydrogens is 572 g/mol. The quantitative estimate of drug-likeness (QED) is 0.0690. The Morgan fingerprint density at radius 3 is 2.14 bits per heavy atom. The van der Waals surface area contributed by atoms with Crippen LogP contribution in [0.25, 0.3) is 0 Å². The van der Waals surface area contributed by atoms with Crippen molar-refractivity contribution in [1.29, 1.82) is 0 Å². The van der Waals surface area contributed by atoms with Gasteiger partial charge in [0.1, 0.15) is 12.4 Å². The largest absolute Gasteiger partial charge is 0.489 e. The lowest BCUT2D eigenvalue weighted by atomic mass is 10.1. The van der Waals surface area contributed by atoms with Crippen LogP contribution in [0.15, 0.2) is 18.2 Å². The van der Waals surface area contributed by atoms with Crippen molar-refractivity contribution in [3.63, 3.8) is 0 Å². The van der Waals surface area contributed by atoms with Crippen LogP contribution in [0.2, 0.25) is 0 Å². The summed E-state index contributed by atoms with van der Waals surface area (Å²) in [4.78, 5) is 77.0. The zero-order valence-corrected chi connectivity index (χ0v) is 25.3. The second kappa shape index (κ2) is 22.1. The van der Waals surface area contributed by atoms with Gasteiger partial charge in [0, 0.05) is 24.6 Å². The molecule has 0 fully saturated rings. The first kappa shape index (κ1) is 38.5. The lowest BCUT2D eigenvalue weighted by Crippen LogP contribution is -2.44. The van der Waals surface area contributed by atoms with Crippen molar-refractivity contribution in [1.82, 2.24) is 4.90 Å². The summed E-state index contributed by atoms with van der Waals surface area (Å²) in [6, 6.07) is 4.41. The molecular formula is C27H42N4O12.